The molecular formula is C49H51N3O3S3. The van der Waals surface area contributed by atoms with Crippen LogP contribution in [0.25, 0.3) is 44.1 Å². The molecule has 0 aliphatic rings. The van der Waals surface area contributed by atoms with Crippen LogP contribution in [0, 0.1) is 0 Å². The molecule has 58 heavy (non-hydrogen) atoms. The number of anilines is 3. The summed E-state index contributed by atoms with van der Waals surface area (Å²) in [5.41, 5.74) is 10.8. The van der Waals surface area contributed by atoms with E-state index >= 15 is 0 Å². The smallest absolute Gasteiger partial charge is 0.160 e. The highest BCUT2D eigenvalue weighted by molar-refractivity contribution is 7.17. The van der Waals surface area contributed by atoms with Crippen LogP contribution in [0.3, 0.4) is 0 Å². The molecule has 9 heteroatoms. The average molecular weight is 826 g/mol. The fourth-order valence-corrected chi connectivity index (χ4v) is 10.1. The van der Waals surface area contributed by atoms with Crippen molar-refractivity contribution in [1.29, 1.82) is 0 Å². The van der Waals surface area contributed by atoms with Crippen LogP contribution in [0.15, 0.2) is 97.1 Å². The molecule has 0 aliphatic heterocycles. The molecular weight excluding hydrogens is 775 g/mol. The van der Waals surface area contributed by atoms with Crippen LogP contribution < -0.4 is 14.4 Å². The van der Waals surface area contributed by atoms with Crippen LogP contribution in [0.2, 0.25) is 0 Å². The van der Waals surface area contributed by atoms with Crippen molar-refractivity contribution in [2.45, 2.75) is 78.1 Å². The molecule has 7 aromatic rings. The Balaban J connectivity index is 1.17. The van der Waals surface area contributed by atoms with Gasteiger partial charge in [0.25, 0.3) is 0 Å². The van der Waals surface area contributed by atoms with Gasteiger partial charge in [0.05, 0.1) is 30.8 Å². The summed E-state index contributed by atoms with van der Waals surface area (Å²) in [6.07, 6.45) is 17.1. The largest absolute Gasteiger partial charge is 0.497 e. The highest BCUT2D eigenvalue weighted by Crippen LogP contribution is 2.42. The number of thiophene rings is 2. The van der Waals surface area contributed by atoms with Gasteiger partial charge < -0.3 is 14.4 Å². The first kappa shape index (κ1) is 41.1. The van der Waals surface area contributed by atoms with E-state index in [2.05, 4.69) is 104 Å². The molecule has 3 aromatic heterocycles. The number of nitrogens with zero attached hydrogens (tertiary/aromatic N) is 3. The second-order valence-corrected chi connectivity index (χ2v) is 17.2. The lowest BCUT2D eigenvalue weighted by Crippen LogP contribution is -2.09. The molecule has 4 aromatic carbocycles. The van der Waals surface area contributed by atoms with E-state index in [9.17, 15) is 4.79 Å². The lowest BCUT2D eigenvalue weighted by Gasteiger charge is -2.26. The second-order valence-electron chi connectivity index (χ2n) is 14.5. The third-order valence-corrected chi connectivity index (χ3v) is 13.4. The summed E-state index contributed by atoms with van der Waals surface area (Å²) in [5.74, 6) is 1.64. The number of hydrogen-bond donors (Lipinski definition) is 0. The highest BCUT2D eigenvalue weighted by Gasteiger charge is 2.19. The topological polar surface area (TPSA) is 64.6 Å². The molecule has 0 amide bonds. The van der Waals surface area contributed by atoms with Crippen LogP contribution in [-0.2, 0) is 12.8 Å². The summed E-state index contributed by atoms with van der Waals surface area (Å²) >= 11 is 4.66. The van der Waals surface area contributed by atoms with E-state index in [1.807, 2.05) is 35.6 Å². The number of ether oxygens (including phenoxy) is 2. The third kappa shape index (κ3) is 9.60. The van der Waals surface area contributed by atoms with E-state index in [0.29, 0.717) is 0 Å². The van der Waals surface area contributed by atoms with Gasteiger partial charge in [-0.15, -0.1) is 22.7 Å². The Morgan fingerprint density at radius 2 is 1.03 bits per heavy atom. The monoisotopic (exact) mass is 825 g/mol. The van der Waals surface area contributed by atoms with Crippen LogP contribution >= 0.6 is 34.4 Å². The lowest BCUT2D eigenvalue weighted by atomic mass is 10.0. The Morgan fingerprint density at radius 3 is 1.50 bits per heavy atom. The van der Waals surface area contributed by atoms with Crippen molar-refractivity contribution in [1.82, 2.24) is 8.75 Å². The number of benzene rings is 4. The first-order valence-electron chi connectivity index (χ1n) is 20.4. The number of unbranched alkanes of at least 4 members (excludes halogenated alkanes) is 6. The van der Waals surface area contributed by atoms with Crippen molar-refractivity contribution in [2.75, 3.05) is 19.1 Å². The summed E-state index contributed by atoms with van der Waals surface area (Å²) in [6, 6.07) is 33.9. The van der Waals surface area contributed by atoms with Crippen molar-refractivity contribution >= 4 is 80.9 Å². The molecule has 0 spiro atoms. The number of carbonyl (C=O) groups is 1. The summed E-state index contributed by atoms with van der Waals surface area (Å²) in [4.78, 5) is 18.7. The van der Waals surface area contributed by atoms with Gasteiger partial charge in [-0.2, -0.15) is 8.75 Å². The number of aldehydes is 1. The zero-order valence-corrected chi connectivity index (χ0v) is 36.3. The minimum atomic E-state index is 0.819. The molecule has 0 aliphatic carbocycles. The first-order chi connectivity index (χ1) is 28.5. The highest BCUT2D eigenvalue weighted by atomic mass is 32.1. The zero-order chi connectivity index (χ0) is 40.3. The Kier molecular flexibility index (Phi) is 14.2. The van der Waals surface area contributed by atoms with Crippen molar-refractivity contribution < 1.29 is 14.3 Å². The number of rotatable bonds is 20. The fraction of sp³-hybridized carbons (Fsp3) is 0.286. The van der Waals surface area contributed by atoms with Crippen LogP contribution in [-0.4, -0.2) is 29.3 Å². The van der Waals surface area contributed by atoms with Crippen LogP contribution in [0.4, 0.5) is 17.1 Å². The van der Waals surface area contributed by atoms with Gasteiger partial charge in [-0.3, -0.25) is 4.79 Å². The maximum Gasteiger partial charge on any atom is 0.160 e. The standard InChI is InChI=1S/C49H51N3O3S3/c1-5-7-9-11-13-35-31-45(42-28-29-43(49-48(42)50-58-51-49)46-32-36(47(33-53)57-46)14-12-10-8-6-2)56-44(35)30-17-34-15-18-37(19-16-34)52(38-20-24-40(54-3)25-21-38)39-22-26-41(55-4)27-23-39/h15-33H,5-14H2,1-4H3/b30-17+. The molecule has 7 rings (SSSR count). The van der Waals surface area contributed by atoms with Gasteiger partial charge in [0.1, 0.15) is 22.5 Å². The molecule has 0 bridgehead atoms. The first-order valence-corrected chi connectivity index (χ1v) is 22.7. The normalized spacial score (nSPS) is 11.4. The maximum absolute atomic E-state index is 12.1. The van der Waals surface area contributed by atoms with Gasteiger partial charge in [0.2, 0.25) is 0 Å². The maximum atomic E-state index is 12.1. The quantitative estimate of drug-likeness (QED) is 0.0563. The SMILES string of the molecule is CCCCCCc1cc(-c2ccc(-c3cc(CCCCCC)c(/C=C/c4ccc(N(c5ccc(OC)cc5)c5ccc(OC)cc5)cc4)s3)c3nsnc23)sc1C=O. The molecule has 0 atom stereocenters. The Labute approximate surface area is 355 Å². The van der Waals surface area contributed by atoms with E-state index in [1.165, 1.54) is 65.6 Å². The molecule has 3 heterocycles. The van der Waals surface area contributed by atoms with Crippen LogP contribution in [0.5, 0.6) is 11.5 Å². The van der Waals surface area contributed by atoms with Crippen molar-refractivity contribution in [3.8, 4) is 32.4 Å². The summed E-state index contributed by atoms with van der Waals surface area (Å²) in [7, 11) is 3.37. The van der Waals surface area contributed by atoms with Crippen LogP contribution in [0.1, 0.15) is 96.5 Å². The van der Waals surface area contributed by atoms with Gasteiger partial charge >= 0.3 is 0 Å². The van der Waals surface area contributed by atoms with Gasteiger partial charge in [0.15, 0.2) is 6.29 Å². The summed E-state index contributed by atoms with van der Waals surface area (Å²) in [6.45, 7) is 4.48. The molecule has 298 valence electrons. The zero-order valence-electron chi connectivity index (χ0n) is 33.8. The minimum absolute atomic E-state index is 0.819. The number of aromatic nitrogens is 2. The predicted molar refractivity (Wildman–Crippen MR) is 248 cm³/mol. The van der Waals surface area contributed by atoms with Crippen molar-refractivity contribution in [3.63, 3.8) is 0 Å². The number of methoxy groups -OCH3 is 2. The third-order valence-electron chi connectivity index (χ3n) is 10.6. The molecule has 0 saturated heterocycles. The lowest BCUT2D eigenvalue weighted by molar-refractivity contribution is 0.112. The summed E-state index contributed by atoms with van der Waals surface area (Å²) < 4.78 is 20.5. The molecule has 0 fully saturated rings. The predicted octanol–water partition coefficient (Wildman–Crippen LogP) is 14.9. The van der Waals surface area contributed by atoms with E-state index in [-0.39, 0.29) is 0 Å². The number of carbonyl (C=O) groups excluding carboxylic acids is 1. The number of fused-ring (bicyclic) bond motifs is 1. The second kappa shape index (κ2) is 20.1. The number of aryl methyl sites for hydroxylation is 2. The average Bonchev–Trinajstić information content (AvgIpc) is 4.03. The van der Waals surface area contributed by atoms with E-state index in [1.54, 1.807) is 25.6 Å². The molecule has 0 saturated carbocycles. The van der Waals surface area contributed by atoms with E-state index < -0.39 is 0 Å². The molecule has 0 unspecified atom stereocenters. The Bertz CT molecular complexity index is 2380. The molecule has 6 nitrogen and oxygen atoms in total. The van der Waals surface area contributed by atoms with Gasteiger partial charge in [-0.1, -0.05) is 82.7 Å². The summed E-state index contributed by atoms with van der Waals surface area (Å²) in [5, 5.41) is 0. The van der Waals surface area contributed by atoms with E-state index in [4.69, 9.17) is 18.2 Å². The molecule has 0 radical (unpaired) electrons. The minimum Gasteiger partial charge on any atom is -0.497 e. The number of hydrogen-bond acceptors (Lipinski definition) is 9. The van der Waals surface area contributed by atoms with E-state index in [0.717, 1.165) is 104 Å². The Hall–Kier alpha value is -5.09. The van der Waals surface area contributed by atoms with Gasteiger partial charge in [-0.25, -0.2) is 0 Å². The van der Waals surface area contributed by atoms with Crippen molar-refractivity contribution in [3.05, 3.63) is 124 Å². The van der Waals surface area contributed by atoms with Crippen molar-refractivity contribution in [2.24, 2.45) is 0 Å². The fourth-order valence-electron chi connectivity index (χ4n) is 7.35. The van der Waals surface area contributed by atoms with Gasteiger partial charge in [0, 0.05) is 42.8 Å². The van der Waals surface area contributed by atoms with Gasteiger partial charge in [-0.05, 0) is 121 Å². The Morgan fingerprint density at radius 1 is 0.569 bits per heavy atom. The molecule has 0 N–H and O–H groups in total.